The van der Waals surface area contributed by atoms with Crippen LogP contribution in [0.1, 0.15) is 23.7 Å². The summed E-state index contributed by atoms with van der Waals surface area (Å²) in [5.74, 6) is -1.22. The Morgan fingerprint density at radius 1 is 1.20 bits per heavy atom. The van der Waals surface area contributed by atoms with E-state index in [4.69, 9.17) is 33.0 Å². The number of halogens is 2. The summed E-state index contributed by atoms with van der Waals surface area (Å²) >= 11 is 11.7. The van der Waals surface area contributed by atoms with Crippen molar-refractivity contribution in [3.63, 3.8) is 0 Å². The van der Waals surface area contributed by atoms with Crippen LogP contribution >= 0.6 is 23.2 Å². The van der Waals surface area contributed by atoms with Crippen molar-refractivity contribution in [2.45, 2.75) is 19.1 Å². The van der Waals surface area contributed by atoms with Gasteiger partial charge in [-0.15, -0.1) is 0 Å². The van der Waals surface area contributed by atoms with Crippen LogP contribution in [0.5, 0.6) is 5.75 Å². The molecule has 0 heterocycles. The molecule has 0 aliphatic rings. The van der Waals surface area contributed by atoms with Gasteiger partial charge in [0.25, 0.3) is 0 Å². The standard InChI is InChI=1S/C16H13Cl2NO6/c17-11-3-1-9(5-12(11)18)8-25-15-4-2-10(6-13(15)19(23)24)14(20)7-16(21)22/h1-6,14,20H,7-8H2,(H,21,22). The number of hydrogen-bond donors (Lipinski definition) is 2. The molecule has 0 aliphatic carbocycles. The highest BCUT2D eigenvalue weighted by Gasteiger charge is 2.20. The van der Waals surface area contributed by atoms with E-state index in [0.717, 1.165) is 6.07 Å². The predicted molar refractivity (Wildman–Crippen MR) is 91.1 cm³/mol. The number of carboxylic acid groups (broad SMARTS) is 1. The molecule has 0 bridgehead atoms. The molecule has 0 saturated carbocycles. The Bertz CT molecular complexity index is 811. The number of ether oxygens (including phenoxy) is 1. The van der Waals surface area contributed by atoms with E-state index in [0.29, 0.717) is 15.6 Å². The molecule has 0 aromatic heterocycles. The molecule has 0 spiro atoms. The van der Waals surface area contributed by atoms with Gasteiger partial charge in [-0.1, -0.05) is 35.3 Å². The molecule has 2 rings (SSSR count). The Morgan fingerprint density at radius 2 is 1.92 bits per heavy atom. The normalized spacial score (nSPS) is 11.8. The maximum atomic E-state index is 11.2. The first-order valence-electron chi connectivity index (χ1n) is 7.03. The first kappa shape index (κ1) is 19.0. The van der Waals surface area contributed by atoms with Crippen LogP contribution in [0.25, 0.3) is 0 Å². The molecular formula is C16H13Cl2NO6. The molecule has 7 nitrogen and oxygen atoms in total. The third-order valence-corrected chi connectivity index (χ3v) is 4.05. The zero-order valence-corrected chi connectivity index (χ0v) is 14.2. The fraction of sp³-hybridized carbons (Fsp3) is 0.188. The molecule has 0 aliphatic heterocycles. The van der Waals surface area contributed by atoms with Crippen molar-refractivity contribution in [3.8, 4) is 5.75 Å². The van der Waals surface area contributed by atoms with E-state index >= 15 is 0 Å². The van der Waals surface area contributed by atoms with Gasteiger partial charge in [-0.05, 0) is 29.3 Å². The van der Waals surface area contributed by atoms with E-state index in [1.54, 1.807) is 18.2 Å². The minimum atomic E-state index is -1.35. The summed E-state index contributed by atoms with van der Waals surface area (Å²) in [6.07, 6.45) is -1.90. The third kappa shape index (κ3) is 5.06. The highest BCUT2D eigenvalue weighted by molar-refractivity contribution is 6.42. The van der Waals surface area contributed by atoms with Gasteiger partial charge >= 0.3 is 11.7 Å². The molecule has 2 N–H and O–H groups in total. The maximum Gasteiger partial charge on any atom is 0.311 e. The quantitative estimate of drug-likeness (QED) is 0.550. The Morgan fingerprint density at radius 3 is 2.52 bits per heavy atom. The number of nitro groups is 1. The number of benzene rings is 2. The smallest absolute Gasteiger partial charge is 0.311 e. The van der Waals surface area contributed by atoms with Gasteiger partial charge < -0.3 is 14.9 Å². The number of carbonyl (C=O) groups is 1. The summed E-state index contributed by atoms with van der Waals surface area (Å²) in [5.41, 5.74) is 0.414. The molecule has 25 heavy (non-hydrogen) atoms. The van der Waals surface area contributed by atoms with Crippen LogP contribution in [0, 0.1) is 10.1 Å². The van der Waals surface area contributed by atoms with Crippen LogP contribution in [0.15, 0.2) is 36.4 Å². The summed E-state index contributed by atoms with van der Waals surface area (Å²) < 4.78 is 5.45. The van der Waals surface area contributed by atoms with Gasteiger partial charge in [0.15, 0.2) is 5.75 Å². The second-order valence-corrected chi connectivity index (χ2v) is 5.95. The Labute approximate surface area is 152 Å². The predicted octanol–water partition coefficient (Wildman–Crippen LogP) is 3.99. The lowest BCUT2D eigenvalue weighted by Crippen LogP contribution is -2.06. The van der Waals surface area contributed by atoms with Gasteiger partial charge in [-0.25, -0.2) is 0 Å². The number of aliphatic hydroxyl groups is 1. The lowest BCUT2D eigenvalue weighted by Gasteiger charge is -2.11. The minimum absolute atomic E-state index is 0.0117. The van der Waals surface area contributed by atoms with Crippen molar-refractivity contribution >= 4 is 34.9 Å². The largest absolute Gasteiger partial charge is 0.482 e. The van der Waals surface area contributed by atoms with Gasteiger partial charge in [0, 0.05) is 6.07 Å². The van der Waals surface area contributed by atoms with Crippen molar-refractivity contribution < 1.29 is 24.7 Å². The van der Waals surface area contributed by atoms with Crippen molar-refractivity contribution in [1.82, 2.24) is 0 Å². The molecule has 0 amide bonds. The summed E-state index contributed by atoms with van der Waals surface area (Å²) in [7, 11) is 0. The van der Waals surface area contributed by atoms with E-state index in [1.165, 1.54) is 12.1 Å². The van der Waals surface area contributed by atoms with Crippen molar-refractivity contribution in [2.75, 3.05) is 0 Å². The molecular weight excluding hydrogens is 373 g/mol. The van der Waals surface area contributed by atoms with Crippen LogP contribution in [-0.4, -0.2) is 21.1 Å². The molecule has 0 radical (unpaired) electrons. The molecule has 132 valence electrons. The topological polar surface area (TPSA) is 110 Å². The number of carboxylic acids is 1. The number of nitro benzene ring substituents is 1. The van der Waals surface area contributed by atoms with Crippen LogP contribution in [0.3, 0.4) is 0 Å². The Kier molecular flexibility index (Phi) is 6.19. The first-order chi connectivity index (χ1) is 11.8. The van der Waals surface area contributed by atoms with E-state index in [2.05, 4.69) is 0 Å². The van der Waals surface area contributed by atoms with Crippen LogP contribution in [-0.2, 0) is 11.4 Å². The van der Waals surface area contributed by atoms with Crippen LogP contribution in [0.2, 0.25) is 10.0 Å². The molecule has 0 fully saturated rings. The lowest BCUT2D eigenvalue weighted by atomic mass is 10.1. The van der Waals surface area contributed by atoms with Crippen molar-refractivity contribution in [3.05, 3.63) is 67.7 Å². The summed E-state index contributed by atoms with van der Waals surface area (Å²) in [6.45, 7) is 0.0226. The van der Waals surface area contributed by atoms with Crippen LogP contribution < -0.4 is 4.74 Å². The minimum Gasteiger partial charge on any atom is -0.482 e. The van der Waals surface area contributed by atoms with E-state index < -0.39 is 23.4 Å². The second-order valence-electron chi connectivity index (χ2n) is 5.14. The highest BCUT2D eigenvalue weighted by atomic mass is 35.5. The molecule has 1 atom stereocenters. The first-order valence-corrected chi connectivity index (χ1v) is 7.78. The average molecular weight is 386 g/mol. The zero-order valence-electron chi connectivity index (χ0n) is 12.7. The fourth-order valence-electron chi connectivity index (χ4n) is 2.08. The van der Waals surface area contributed by atoms with Gasteiger partial charge in [-0.2, -0.15) is 0 Å². The molecule has 2 aromatic carbocycles. The molecule has 2 aromatic rings. The highest BCUT2D eigenvalue weighted by Crippen LogP contribution is 2.32. The van der Waals surface area contributed by atoms with E-state index in [9.17, 15) is 20.0 Å². The van der Waals surface area contributed by atoms with Crippen LogP contribution in [0.4, 0.5) is 5.69 Å². The molecule has 0 saturated heterocycles. The second kappa shape index (κ2) is 8.15. The molecule has 9 heteroatoms. The number of nitrogens with zero attached hydrogens (tertiary/aromatic N) is 1. The fourth-order valence-corrected chi connectivity index (χ4v) is 2.40. The summed E-state index contributed by atoms with van der Waals surface area (Å²) in [5, 5.41) is 30.4. The van der Waals surface area contributed by atoms with Gasteiger partial charge in [0.1, 0.15) is 6.61 Å². The third-order valence-electron chi connectivity index (χ3n) is 3.31. The van der Waals surface area contributed by atoms with E-state index in [1.807, 2.05) is 0 Å². The molecule has 1 unspecified atom stereocenters. The number of aliphatic carboxylic acids is 1. The van der Waals surface area contributed by atoms with Gasteiger partial charge in [0.2, 0.25) is 0 Å². The Hall–Kier alpha value is -2.35. The zero-order chi connectivity index (χ0) is 18.6. The lowest BCUT2D eigenvalue weighted by molar-refractivity contribution is -0.386. The van der Waals surface area contributed by atoms with Crippen molar-refractivity contribution in [1.29, 1.82) is 0 Å². The SMILES string of the molecule is O=C(O)CC(O)c1ccc(OCc2ccc(Cl)c(Cl)c2)c([N+](=O)[O-])c1. The monoisotopic (exact) mass is 385 g/mol. The maximum absolute atomic E-state index is 11.2. The summed E-state index contributed by atoms with van der Waals surface area (Å²) in [6, 6.07) is 8.63. The number of aliphatic hydroxyl groups excluding tert-OH is 1. The van der Waals surface area contributed by atoms with Gasteiger partial charge in [-0.3, -0.25) is 14.9 Å². The Balaban J connectivity index is 2.20. The van der Waals surface area contributed by atoms with Gasteiger partial charge in [0.05, 0.1) is 27.5 Å². The number of hydrogen-bond acceptors (Lipinski definition) is 5. The van der Waals surface area contributed by atoms with E-state index in [-0.39, 0.29) is 23.6 Å². The number of rotatable bonds is 7. The average Bonchev–Trinajstić information content (AvgIpc) is 2.55. The van der Waals surface area contributed by atoms with Crippen molar-refractivity contribution in [2.24, 2.45) is 0 Å². The summed E-state index contributed by atoms with van der Waals surface area (Å²) in [4.78, 5) is 21.2.